The van der Waals surface area contributed by atoms with Gasteiger partial charge in [0.15, 0.2) is 5.65 Å². The molecule has 25 heavy (non-hydrogen) atoms. The molecule has 5 nitrogen and oxygen atoms in total. The number of rotatable bonds is 6. The molecule has 0 amide bonds. The van der Waals surface area contributed by atoms with Crippen LogP contribution < -0.4 is 5.32 Å². The van der Waals surface area contributed by atoms with Crippen LogP contribution in [-0.2, 0) is 0 Å². The Balaban J connectivity index is 1.48. The molecule has 0 spiro atoms. The predicted octanol–water partition coefficient (Wildman–Crippen LogP) is 3.84. The molecule has 1 fully saturated rings. The minimum absolute atomic E-state index is 0.322. The van der Waals surface area contributed by atoms with Gasteiger partial charge in [0, 0.05) is 22.5 Å². The highest BCUT2D eigenvalue weighted by Gasteiger charge is 2.23. The summed E-state index contributed by atoms with van der Waals surface area (Å²) in [4.78, 5) is 2.32. The largest absolute Gasteiger partial charge is 0.391 e. The van der Waals surface area contributed by atoms with Crippen LogP contribution in [-0.4, -0.2) is 32.4 Å². The number of benzene rings is 1. The van der Waals surface area contributed by atoms with Crippen molar-refractivity contribution in [2.45, 2.75) is 41.6 Å². The van der Waals surface area contributed by atoms with Crippen LogP contribution in [0.4, 0.5) is 5.95 Å². The molecule has 130 valence electrons. The van der Waals surface area contributed by atoms with Crippen LogP contribution in [0.3, 0.4) is 0 Å². The monoisotopic (exact) mass is 354 g/mol. The summed E-state index contributed by atoms with van der Waals surface area (Å²) >= 11 is 1.71. The minimum Gasteiger partial charge on any atom is -0.391 e. The molecule has 2 N–H and O–H groups in total. The molecule has 0 bridgehead atoms. The van der Waals surface area contributed by atoms with E-state index in [2.05, 4.69) is 33.7 Å². The minimum atomic E-state index is -0.322. The lowest BCUT2D eigenvalue weighted by molar-refractivity contribution is 0.122. The summed E-state index contributed by atoms with van der Waals surface area (Å²) < 4.78 is 1.95. The van der Waals surface area contributed by atoms with Crippen LogP contribution in [0.5, 0.6) is 0 Å². The third-order valence-electron chi connectivity index (χ3n) is 4.77. The quantitative estimate of drug-likeness (QED) is 0.704. The predicted molar refractivity (Wildman–Crippen MR) is 100 cm³/mol. The third kappa shape index (κ3) is 3.80. The van der Waals surface area contributed by atoms with Gasteiger partial charge in [-0.3, -0.25) is 4.40 Å². The van der Waals surface area contributed by atoms with Gasteiger partial charge in [-0.05, 0) is 43.0 Å². The summed E-state index contributed by atoms with van der Waals surface area (Å²) in [6, 6.07) is 14.3. The molecule has 4 rings (SSSR count). The Hall–Kier alpha value is -2.05. The second kappa shape index (κ2) is 7.45. The van der Waals surface area contributed by atoms with Crippen LogP contribution in [0.1, 0.15) is 25.7 Å². The first-order valence-electron chi connectivity index (χ1n) is 8.79. The topological polar surface area (TPSA) is 62.5 Å². The molecule has 3 aromatic rings. The molecule has 1 aromatic carbocycles. The van der Waals surface area contributed by atoms with E-state index in [1.54, 1.807) is 11.8 Å². The normalized spacial score (nSPS) is 16.4. The van der Waals surface area contributed by atoms with Crippen molar-refractivity contribution in [2.75, 3.05) is 11.9 Å². The fourth-order valence-electron chi connectivity index (χ4n) is 3.38. The Morgan fingerprint density at radius 1 is 1.08 bits per heavy atom. The number of aromatic nitrogens is 3. The Morgan fingerprint density at radius 3 is 2.68 bits per heavy atom. The van der Waals surface area contributed by atoms with Crippen LogP contribution in [0.15, 0.2) is 58.5 Å². The van der Waals surface area contributed by atoms with Gasteiger partial charge in [-0.1, -0.05) is 42.8 Å². The van der Waals surface area contributed by atoms with Crippen molar-refractivity contribution in [1.29, 1.82) is 0 Å². The molecule has 2 heterocycles. The zero-order chi connectivity index (χ0) is 17.1. The summed E-state index contributed by atoms with van der Waals surface area (Å²) in [5.41, 5.74) is 0.801. The van der Waals surface area contributed by atoms with Gasteiger partial charge in [0.2, 0.25) is 5.95 Å². The van der Waals surface area contributed by atoms with Gasteiger partial charge in [0.25, 0.3) is 0 Å². The fraction of sp³-hybridized carbons (Fsp3) is 0.368. The first kappa shape index (κ1) is 16.4. The SMILES string of the molecule is OC(CNc1nnc2ccc(Sc3ccccc3)cn12)C1CCCC1. The lowest BCUT2D eigenvalue weighted by Gasteiger charge is -2.17. The average molecular weight is 354 g/mol. The number of hydrogen-bond donors (Lipinski definition) is 2. The molecule has 1 unspecified atom stereocenters. The average Bonchev–Trinajstić information content (AvgIpc) is 3.31. The van der Waals surface area contributed by atoms with Crippen molar-refractivity contribution in [3.05, 3.63) is 48.7 Å². The summed E-state index contributed by atoms with van der Waals surface area (Å²) in [5, 5.41) is 22.0. The van der Waals surface area contributed by atoms with Gasteiger partial charge in [0.1, 0.15) is 0 Å². The molecule has 0 radical (unpaired) electrons. The van der Waals surface area contributed by atoms with E-state index >= 15 is 0 Å². The zero-order valence-corrected chi connectivity index (χ0v) is 14.8. The van der Waals surface area contributed by atoms with E-state index in [1.807, 2.05) is 34.9 Å². The van der Waals surface area contributed by atoms with Crippen molar-refractivity contribution in [3.63, 3.8) is 0 Å². The summed E-state index contributed by atoms with van der Waals surface area (Å²) in [6.45, 7) is 0.515. The summed E-state index contributed by atoms with van der Waals surface area (Å²) in [7, 11) is 0. The first-order chi connectivity index (χ1) is 12.3. The number of aliphatic hydroxyl groups is 1. The molecule has 2 aromatic heterocycles. The highest BCUT2D eigenvalue weighted by molar-refractivity contribution is 7.99. The number of nitrogens with zero attached hydrogens (tertiary/aromatic N) is 3. The Morgan fingerprint density at radius 2 is 1.88 bits per heavy atom. The summed E-state index contributed by atoms with van der Waals surface area (Å²) in [6.07, 6.45) is 6.43. The van der Waals surface area contributed by atoms with E-state index in [-0.39, 0.29) is 6.10 Å². The number of aliphatic hydroxyl groups excluding tert-OH is 1. The number of pyridine rings is 1. The molecule has 1 aliphatic rings. The maximum Gasteiger partial charge on any atom is 0.229 e. The van der Waals surface area contributed by atoms with Gasteiger partial charge in [-0.2, -0.15) is 0 Å². The van der Waals surface area contributed by atoms with E-state index in [0.717, 1.165) is 23.4 Å². The highest BCUT2D eigenvalue weighted by atomic mass is 32.2. The summed E-state index contributed by atoms with van der Waals surface area (Å²) in [5.74, 6) is 1.10. The number of hydrogen-bond acceptors (Lipinski definition) is 5. The fourth-order valence-corrected chi connectivity index (χ4v) is 4.24. The number of nitrogens with one attached hydrogen (secondary N) is 1. The first-order valence-corrected chi connectivity index (χ1v) is 9.61. The van der Waals surface area contributed by atoms with Crippen molar-refractivity contribution in [3.8, 4) is 0 Å². The maximum atomic E-state index is 10.3. The molecule has 6 heteroatoms. The van der Waals surface area contributed by atoms with Gasteiger partial charge >= 0.3 is 0 Å². The van der Waals surface area contributed by atoms with Gasteiger partial charge in [-0.25, -0.2) is 0 Å². The van der Waals surface area contributed by atoms with Gasteiger partial charge < -0.3 is 10.4 Å². The standard InChI is InChI=1S/C19H22N4OS/c24-17(14-6-4-5-7-14)12-20-19-22-21-18-11-10-16(13-23(18)19)25-15-8-2-1-3-9-15/h1-3,8-11,13-14,17,24H,4-7,12H2,(H,20,22). The van der Waals surface area contributed by atoms with Crippen molar-refractivity contribution in [1.82, 2.24) is 14.6 Å². The maximum absolute atomic E-state index is 10.3. The molecule has 0 saturated heterocycles. The van der Waals surface area contributed by atoms with E-state index in [1.165, 1.54) is 17.7 Å². The Kier molecular flexibility index (Phi) is 4.90. The van der Waals surface area contributed by atoms with E-state index in [4.69, 9.17) is 0 Å². The van der Waals surface area contributed by atoms with Crippen LogP contribution in [0, 0.1) is 5.92 Å². The van der Waals surface area contributed by atoms with Crippen LogP contribution >= 0.6 is 11.8 Å². The molecule has 1 atom stereocenters. The van der Waals surface area contributed by atoms with Crippen molar-refractivity contribution >= 4 is 23.4 Å². The van der Waals surface area contributed by atoms with Crippen LogP contribution in [0.25, 0.3) is 5.65 Å². The smallest absolute Gasteiger partial charge is 0.229 e. The Bertz CT molecular complexity index is 830. The number of fused-ring (bicyclic) bond motifs is 1. The lowest BCUT2D eigenvalue weighted by atomic mass is 10.0. The molecule has 1 saturated carbocycles. The second-order valence-electron chi connectivity index (χ2n) is 6.52. The molecular formula is C19H22N4OS. The van der Waals surface area contributed by atoms with E-state index < -0.39 is 0 Å². The van der Waals surface area contributed by atoms with Gasteiger partial charge in [0.05, 0.1) is 6.10 Å². The van der Waals surface area contributed by atoms with Crippen LogP contribution in [0.2, 0.25) is 0 Å². The zero-order valence-electron chi connectivity index (χ0n) is 14.0. The lowest BCUT2D eigenvalue weighted by Crippen LogP contribution is -2.27. The van der Waals surface area contributed by atoms with E-state index in [9.17, 15) is 5.11 Å². The Labute approximate surface area is 151 Å². The molecular weight excluding hydrogens is 332 g/mol. The highest BCUT2D eigenvalue weighted by Crippen LogP contribution is 2.29. The molecule has 1 aliphatic carbocycles. The second-order valence-corrected chi connectivity index (χ2v) is 7.67. The van der Waals surface area contributed by atoms with Gasteiger partial charge in [-0.15, -0.1) is 10.2 Å². The third-order valence-corrected chi connectivity index (χ3v) is 5.75. The molecule has 0 aliphatic heterocycles. The van der Waals surface area contributed by atoms with Crippen molar-refractivity contribution in [2.24, 2.45) is 5.92 Å². The van der Waals surface area contributed by atoms with Crippen molar-refractivity contribution < 1.29 is 5.11 Å². The number of anilines is 1. The van der Waals surface area contributed by atoms with E-state index in [0.29, 0.717) is 18.4 Å².